The Labute approximate surface area is 119 Å². The first kappa shape index (κ1) is 15.8. The minimum atomic E-state index is -4.54. The third-order valence-electron chi connectivity index (χ3n) is 3.50. The van der Waals surface area contributed by atoms with Crippen LogP contribution in [0.5, 0.6) is 0 Å². The number of halogens is 4. The zero-order valence-electron chi connectivity index (χ0n) is 11.7. The molecule has 1 aromatic carbocycles. The van der Waals surface area contributed by atoms with Crippen LogP contribution >= 0.6 is 0 Å². The molecule has 1 aliphatic rings. The average molecular weight is 304 g/mol. The van der Waals surface area contributed by atoms with Gasteiger partial charge in [-0.1, -0.05) is 12.1 Å². The van der Waals surface area contributed by atoms with Gasteiger partial charge in [0, 0.05) is 12.0 Å². The van der Waals surface area contributed by atoms with Crippen molar-refractivity contribution < 1.29 is 22.4 Å². The minimum absolute atomic E-state index is 0.0112. The van der Waals surface area contributed by atoms with Crippen molar-refractivity contribution in [3.8, 4) is 0 Å². The average Bonchev–Trinajstić information content (AvgIpc) is 2.58. The van der Waals surface area contributed by atoms with Gasteiger partial charge in [-0.25, -0.2) is 9.40 Å². The number of rotatable bonds is 3. The summed E-state index contributed by atoms with van der Waals surface area (Å²) in [5.74, 6) is -1.04. The van der Waals surface area contributed by atoms with E-state index in [1.807, 2.05) is 0 Å². The van der Waals surface area contributed by atoms with Gasteiger partial charge in [0.1, 0.15) is 11.9 Å². The Morgan fingerprint density at radius 2 is 2.05 bits per heavy atom. The molecule has 3 nitrogen and oxygen atoms in total. The fourth-order valence-electron chi connectivity index (χ4n) is 2.54. The zero-order valence-corrected chi connectivity index (χ0v) is 11.7. The Morgan fingerprint density at radius 3 is 2.52 bits per heavy atom. The fourth-order valence-corrected chi connectivity index (χ4v) is 2.54. The van der Waals surface area contributed by atoms with Crippen molar-refractivity contribution in [1.29, 1.82) is 0 Å². The first-order valence-corrected chi connectivity index (χ1v) is 6.49. The molecule has 0 aromatic heterocycles. The number of amides is 1. The number of carbonyl (C=O) groups excluding carboxylic acids is 1. The van der Waals surface area contributed by atoms with Crippen LogP contribution in [-0.4, -0.2) is 28.7 Å². The normalized spacial score (nSPS) is 20.4. The third kappa shape index (κ3) is 3.53. The lowest BCUT2D eigenvalue weighted by atomic mass is 9.97. The van der Waals surface area contributed by atoms with Gasteiger partial charge in [-0.05, 0) is 38.0 Å². The van der Waals surface area contributed by atoms with Gasteiger partial charge in [0.25, 0.3) is 0 Å². The summed E-state index contributed by atoms with van der Waals surface area (Å²) in [7, 11) is 0. The summed E-state index contributed by atoms with van der Waals surface area (Å²) < 4.78 is 53.2. The highest BCUT2D eigenvalue weighted by Crippen LogP contribution is 2.34. The molecule has 0 aliphatic carbocycles. The summed E-state index contributed by atoms with van der Waals surface area (Å²) in [6, 6.07) is 3.15. The van der Waals surface area contributed by atoms with E-state index in [9.17, 15) is 22.4 Å². The number of hydrogen-bond donors (Lipinski definition) is 1. The highest BCUT2D eigenvalue weighted by molar-refractivity contribution is 5.78. The van der Waals surface area contributed by atoms with Gasteiger partial charge < -0.3 is 0 Å². The number of nitrogens with zero attached hydrogens (tertiary/aromatic N) is 1. The van der Waals surface area contributed by atoms with E-state index in [1.165, 1.54) is 18.2 Å². The van der Waals surface area contributed by atoms with E-state index in [0.29, 0.717) is 0 Å². The van der Waals surface area contributed by atoms with Crippen LogP contribution < -0.4 is 5.43 Å². The monoisotopic (exact) mass is 304 g/mol. The Hall–Kier alpha value is -1.63. The maximum Gasteiger partial charge on any atom is 0.406 e. The van der Waals surface area contributed by atoms with E-state index >= 15 is 0 Å². The van der Waals surface area contributed by atoms with Gasteiger partial charge in [0.05, 0.1) is 0 Å². The van der Waals surface area contributed by atoms with Crippen LogP contribution in [0.15, 0.2) is 24.3 Å². The summed E-state index contributed by atoms with van der Waals surface area (Å²) in [5, 5.41) is 0.931. The summed E-state index contributed by atoms with van der Waals surface area (Å²) in [4.78, 5) is 11.4. The number of alkyl halides is 3. The highest BCUT2D eigenvalue weighted by atomic mass is 19.4. The lowest BCUT2D eigenvalue weighted by Crippen LogP contribution is -2.57. The second-order valence-corrected chi connectivity index (χ2v) is 5.79. The summed E-state index contributed by atoms with van der Waals surface area (Å²) in [5.41, 5.74) is 1.54. The van der Waals surface area contributed by atoms with Gasteiger partial charge in [0.2, 0.25) is 5.91 Å². The van der Waals surface area contributed by atoms with Crippen molar-refractivity contribution in [3.05, 3.63) is 35.6 Å². The topological polar surface area (TPSA) is 32.3 Å². The second kappa shape index (κ2) is 5.29. The summed E-state index contributed by atoms with van der Waals surface area (Å²) in [6.45, 7) is 3.13. The molecule has 1 saturated heterocycles. The molecule has 1 aliphatic heterocycles. The Bertz CT molecular complexity index is 542. The number of benzene rings is 1. The molecule has 0 bridgehead atoms. The molecule has 1 amide bonds. The van der Waals surface area contributed by atoms with Crippen LogP contribution in [0.3, 0.4) is 0 Å². The molecule has 21 heavy (non-hydrogen) atoms. The van der Waals surface area contributed by atoms with E-state index in [1.54, 1.807) is 13.8 Å². The zero-order chi connectivity index (χ0) is 15.8. The molecule has 7 heteroatoms. The summed E-state index contributed by atoms with van der Waals surface area (Å²) >= 11 is 0. The number of hydrazine groups is 1. The maximum absolute atomic E-state index is 13.3. The molecule has 1 unspecified atom stereocenters. The number of carbonyl (C=O) groups is 1. The molecular formula is C14H16F4N2O. The van der Waals surface area contributed by atoms with Crippen molar-refractivity contribution in [3.63, 3.8) is 0 Å². The van der Waals surface area contributed by atoms with Crippen molar-refractivity contribution >= 4 is 5.91 Å². The van der Waals surface area contributed by atoms with Crippen LogP contribution in [0, 0.1) is 5.82 Å². The van der Waals surface area contributed by atoms with Gasteiger partial charge in [-0.3, -0.25) is 10.2 Å². The third-order valence-corrected chi connectivity index (χ3v) is 3.50. The highest BCUT2D eigenvalue weighted by Gasteiger charge is 2.51. The van der Waals surface area contributed by atoms with Crippen LogP contribution in [0.2, 0.25) is 0 Å². The molecule has 1 heterocycles. The molecule has 0 radical (unpaired) electrons. The SMILES string of the molecule is CC1(C)CC(=O)NN1C(Cc1cccc(F)c1)C(F)(F)F. The molecule has 116 valence electrons. The fraction of sp³-hybridized carbons (Fsp3) is 0.500. The lowest BCUT2D eigenvalue weighted by Gasteiger charge is -2.37. The van der Waals surface area contributed by atoms with Crippen LogP contribution in [0.1, 0.15) is 25.8 Å². The Balaban J connectivity index is 2.30. The van der Waals surface area contributed by atoms with E-state index in [4.69, 9.17) is 0 Å². The quantitative estimate of drug-likeness (QED) is 0.871. The predicted molar refractivity (Wildman–Crippen MR) is 68.6 cm³/mol. The van der Waals surface area contributed by atoms with Crippen molar-refractivity contribution in [2.75, 3.05) is 0 Å². The summed E-state index contributed by atoms with van der Waals surface area (Å²) in [6.07, 6.45) is -4.98. The first-order chi connectivity index (χ1) is 9.59. The van der Waals surface area contributed by atoms with Gasteiger partial charge in [-0.2, -0.15) is 13.2 Å². The largest absolute Gasteiger partial charge is 0.406 e. The van der Waals surface area contributed by atoms with E-state index < -0.39 is 35.9 Å². The van der Waals surface area contributed by atoms with Crippen molar-refractivity contribution in [2.24, 2.45) is 0 Å². The van der Waals surface area contributed by atoms with Gasteiger partial charge in [-0.15, -0.1) is 0 Å². The predicted octanol–water partition coefficient (Wildman–Crippen LogP) is 2.81. The van der Waals surface area contributed by atoms with Crippen LogP contribution in [0.25, 0.3) is 0 Å². The molecule has 0 saturated carbocycles. The molecule has 0 spiro atoms. The molecule has 1 fully saturated rings. The van der Waals surface area contributed by atoms with Gasteiger partial charge >= 0.3 is 6.18 Å². The number of hydrogen-bond acceptors (Lipinski definition) is 2. The maximum atomic E-state index is 13.3. The molecular weight excluding hydrogens is 288 g/mol. The minimum Gasteiger partial charge on any atom is -0.288 e. The molecule has 1 N–H and O–H groups in total. The number of nitrogens with one attached hydrogen (secondary N) is 1. The van der Waals surface area contributed by atoms with E-state index in [2.05, 4.69) is 5.43 Å². The second-order valence-electron chi connectivity index (χ2n) is 5.79. The van der Waals surface area contributed by atoms with Crippen molar-refractivity contribution in [2.45, 2.75) is 44.4 Å². The van der Waals surface area contributed by atoms with E-state index in [0.717, 1.165) is 11.1 Å². The van der Waals surface area contributed by atoms with Crippen LogP contribution in [-0.2, 0) is 11.2 Å². The lowest BCUT2D eigenvalue weighted by molar-refractivity contribution is -0.200. The smallest absolute Gasteiger partial charge is 0.288 e. The Morgan fingerprint density at radius 1 is 1.38 bits per heavy atom. The van der Waals surface area contributed by atoms with Crippen LogP contribution in [0.4, 0.5) is 17.6 Å². The Kier molecular flexibility index (Phi) is 3.97. The standard InChI is InChI=1S/C14H16F4N2O/c1-13(2)8-12(21)19-20(13)11(14(16,17)18)7-9-4-3-5-10(15)6-9/h3-6,11H,7-8H2,1-2H3,(H,19,21). The van der Waals surface area contributed by atoms with E-state index in [-0.39, 0.29) is 12.0 Å². The van der Waals surface area contributed by atoms with Gasteiger partial charge in [0.15, 0.2) is 0 Å². The molecule has 1 aromatic rings. The molecule has 1 atom stereocenters. The first-order valence-electron chi connectivity index (χ1n) is 6.49. The van der Waals surface area contributed by atoms with Crippen molar-refractivity contribution in [1.82, 2.24) is 10.4 Å². The molecule has 2 rings (SSSR count).